The van der Waals surface area contributed by atoms with Crippen molar-refractivity contribution in [3.63, 3.8) is 0 Å². The number of halogens is 1. The standard InChI is InChI=1S/C13H11FN2O/c1-9-8-10(5-6-11(9)14)16-13(17)12-4-2-3-7-15-12/h2-8H,1H3,(H,16,17). The number of nitrogens with zero attached hydrogens (tertiary/aromatic N) is 1. The molecule has 0 fully saturated rings. The number of hydrogen-bond donors (Lipinski definition) is 1. The van der Waals surface area contributed by atoms with Crippen molar-refractivity contribution < 1.29 is 9.18 Å². The number of benzene rings is 1. The van der Waals surface area contributed by atoms with Crippen molar-refractivity contribution in [2.24, 2.45) is 0 Å². The van der Waals surface area contributed by atoms with E-state index in [9.17, 15) is 9.18 Å². The Bertz CT molecular complexity index is 540. The molecule has 0 aliphatic heterocycles. The first-order chi connectivity index (χ1) is 8.16. The van der Waals surface area contributed by atoms with Crippen LogP contribution >= 0.6 is 0 Å². The van der Waals surface area contributed by atoms with Gasteiger partial charge in [-0.25, -0.2) is 4.39 Å². The van der Waals surface area contributed by atoms with E-state index < -0.39 is 0 Å². The Hall–Kier alpha value is -2.23. The average molecular weight is 230 g/mol. The molecule has 1 N–H and O–H groups in total. The molecule has 3 nitrogen and oxygen atoms in total. The van der Waals surface area contributed by atoms with Crippen LogP contribution in [0.1, 0.15) is 16.1 Å². The molecule has 4 heteroatoms. The number of anilines is 1. The smallest absolute Gasteiger partial charge is 0.274 e. The van der Waals surface area contributed by atoms with Gasteiger partial charge in [-0.1, -0.05) is 6.07 Å². The van der Waals surface area contributed by atoms with Crippen LogP contribution in [0.2, 0.25) is 0 Å². The molecule has 1 heterocycles. The highest BCUT2D eigenvalue weighted by atomic mass is 19.1. The summed E-state index contributed by atoms with van der Waals surface area (Å²) in [6.07, 6.45) is 1.55. The van der Waals surface area contributed by atoms with Crippen molar-refractivity contribution in [2.75, 3.05) is 5.32 Å². The first-order valence-corrected chi connectivity index (χ1v) is 5.15. The summed E-state index contributed by atoms with van der Waals surface area (Å²) >= 11 is 0. The predicted molar refractivity (Wildman–Crippen MR) is 63.3 cm³/mol. The van der Waals surface area contributed by atoms with Crippen LogP contribution in [0.3, 0.4) is 0 Å². The summed E-state index contributed by atoms with van der Waals surface area (Å²) in [6, 6.07) is 9.51. The van der Waals surface area contributed by atoms with Gasteiger partial charge in [-0.2, -0.15) is 0 Å². The van der Waals surface area contributed by atoms with E-state index in [2.05, 4.69) is 10.3 Å². The molecule has 0 radical (unpaired) electrons. The topological polar surface area (TPSA) is 42.0 Å². The fraction of sp³-hybridized carbons (Fsp3) is 0.0769. The van der Waals surface area contributed by atoms with E-state index in [0.717, 1.165) is 0 Å². The molecule has 1 aromatic heterocycles. The van der Waals surface area contributed by atoms with Gasteiger partial charge in [-0.3, -0.25) is 9.78 Å². The van der Waals surface area contributed by atoms with Crippen LogP contribution in [-0.2, 0) is 0 Å². The second-order valence-electron chi connectivity index (χ2n) is 3.63. The molecule has 0 aliphatic carbocycles. The average Bonchev–Trinajstić information content (AvgIpc) is 2.35. The second kappa shape index (κ2) is 4.74. The lowest BCUT2D eigenvalue weighted by atomic mass is 10.2. The number of nitrogens with one attached hydrogen (secondary N) is 1. The second-order valence-corrected chi connectivity index (χ2v) is 3.63. The molecule has 1 amide bonds. The summed E-state index contributed by atoms with van der Waals surface area (Å²) in [5.41, 5.74) is 1.37. The molecule has 0 spiro atoms. The maximum Gasteiger partial charge on any atom is 0.274 e. The van der Waals surface area contributed by atoms with Crippen molar-refractivity contribution in [3.8, 4) is 0 Å². The maximum atomic E-state index is 13.0. The highest BCUT2D eigenvalue weighted by Gasteiger charge is 2.07. The highest BCUT2D eigenvalue weighted by Crippen LogP contribution is 2.14. The lowest BCUT2D eigenvalue weighted by Gasteiger charge is -2.05. The first-order valence-electron chi connectivity index (χ1n) is 5.15. The summed E-state index contributed by atoms with van der Waals surface area (Å²) in [5, 5.41) is 2.66. The van der Waals surface area contributed by atoms with E-state index in [0.29, 0.717) is 16.9 Å². The normalized spacial score (nSPS) is 10.0. The van der Waals surface area contributed by atoms with E-state index >= 15 is 0 Å². The van der Waals surface area contributed by atoms with Crippen LogP contribution in [0.5, 0.6) is 0 Å². The van der Waals surface area contributed by atoms with Gasteiger partial charge >= 0.3 is 0 Å². The number of aryl methyl sites for hydroxylation is 1. The largest absolute Gasteiger partial charge is 0.321 e. The fourth-order valence-electron chi connectivity index (χ4n) is 1.41. The van der Waals surface area contributed by atoms with E-state index in [-0.39, 0.29) is 11.7 Å². The van der Waals surface area contributed by atoms with Crippen LogP contribution in [0, 0.1) is 12.7 Å². The summed E-state index contributed by atoms with van der Waals surface area (Å²) in [5.74, 6) is -0.600. The Kier molecular flexibility index (Phi) is 3.14. The quantitative estimate of drug-likeness (QED) is 0.861. The van der Waals surface area contributed by atoms with Gasteiger partial charge in [0.2, 0.25) is 0 Å². The van der Waals surface area contributed by atoms with Crippen molar-refractivity contribution in [3.05, 3.63) is 59.7 Å². The van der Waals surface area contributed by atoms with Crippen molar-refractivity contribution in [2.45, 2.75) is 6.92 Å². The molecule has 0 atom stereocenters. The minimum Gasteiger partial charge on any atom is -0.321 e. The Labute approximate surface area is 98.3 Å². The van der Waals surface area contributed by atoms with Crippen LogP contribution < -0.4 is 5.32 Å². The third kappa shape index (κ3) is 2.66. The molecule has 0 unspecified atom stereocenters. The van der Waals surface area contributed by atoms with E-state index in [4.69, 9.17) is 0 Å². The predicted octanol–water partition coefficient (Wildman–Crippen LogP) is 2.78. The van der Waals surface area contributed by atoms with Crippen LogP contribution in [0.4, 0.5) is 10.1 Å². The van der Waals surface area contributed by atoms with Gasteiger partial charge in [0, 0.05) is 11.9 Å². The summed E-state index contributed by atoms with van der Waals surface area (Å²) in [6.45, 7) is 1.64. The summed E-state index contributed by atoms with van der Waals surface area (Å²) in [4.78, 5) is 15.7. The number of carbonyl (C=O) groups is 1. The van der Waals surface area contributed by atoms with Gasteiger partial charge in [-0.15, -0.1) is 0 Å². The third-order valence-corrected chi connectivity index (χ3v) is 2.31. The van der Waals surface area contributed by atoms with Crippen molar-refractivity contribution in [1.82, 2.24) is 4.98 Å². The fourth-order valence-corrected chi connectivity index (χ4v) is 1.41. The van der Waals surface area contributed by atoms with Gasteiger partial charge in [0.15, 0.2) is 0 Å². The summed E-state index contributed by atoms with van der Waals surface area (Å²) < 4.78 is 13.0. The molecule has 17 heavy (non-hydrogen) atoms. The SMILES string of the molecule is Cc1cc(NC(=O)c2ccccn2)ccc1F. The number of rotatable bonds is 2. The molecular formula is C13H11FN2O. The van der Waals surface area contributed by atoms with Gasteiger partial charge < -0.3 is 5.32 Å². The van der Waals surface area contributed by atoms with E-state index in [1.54, 1.807) is 37.4 Å². The minimum absolute atomic E-state index is 0.291. The molecule has 1 aromatic carbocycles. The molecule has 0 bridgehead atoms. The lowest BCUT2D eigenvalue weighted by molar-refractivity contribution is 0.102. The minimum atomic E-state index is -0.309. The van der Waals surface area contributed by atoms with Crippen LogP contribution in [0.25, 0.3) is 0 Å². The number of aromatic nitrogens is 1. The van der Waals surface area contributed by atoms with Gasteiger partial charge in [0.05, 0.1) is 0 Å². The zero-order valence-electron chi connectivity index (χ0n) is 9.27. The van der Waals surface area contributed by atoms with E-state index in [1.165, 1.54) is 12.1 Å². The number of amides is 1. The van der Waals surface area contributed by atoms with Crippen LogP contribution in [0.15, 0.2) is 42.6 Å². The maximum absolute atomic E-state index is 13.0. The Morgan fingerprint density at radius 2 is 2.12 bits per heavy atom. The molecule has 0 saturated carbocycles. The number of pyridine rings is 1. The van der Waals surface area contributed by atoms with Gasteiger partial charge in [0.1, 0.15) is 11.5 Å². The molecule has 2 aromatic rings. The number of carbonyl (C=O) groups excluding carboxylic acids is 1. The monoisotopic (exact) mass is 230 g/mol. The zero-order valence-corrected chi connectivity index (χ0v) is 9.27. The van der Waals surface area contributed by atoms with Crippen molar-refractivity contribution >= 4 is 11.6 Å². The number of hydrogen-bond acceptors (Lipinski definition) is 2. The van der Waals surface area contributed by atoms with Crippen molar-refractivity contribution in [1.29, 1.82) is 0 Å². The molecule has 86 valence electrons. The van der Waals surface area contributed by atoms with Crippen LogP contribution in [-0.4, -0.2) is 10.9 Å². The third-order valence-electron chi connectivity index (χ3n) is 2.31. The summed E-state index contributed by atoms with van der Waals surface area (Å²) in [7, 11) is 0. The van der Waals surface area contributed by atoms with Gasteiger partial charge in [-0.05, 0) is 42.8 Å². The zero-order chi connectivity index (χ0) is 12.3. The van der Waals surface area contributed by atoms with Gasteiger partial charge in [0.25, 0.3) is 5.91 Å². The Morgan fingerprint density at radius 3 is 2.76 bits per heavy atom. The molecular weight excluding hydrogens is 219 g/mol. The molecule has 0 saturated heterocycles. The molecule has 2 rings (SSSR count). The highest BCUT2D eigenvalue weighted by molar-refractivity contribution is 6.02. The Balaban J connectivity index is 2.16. The first kappa shape index (κ1) is 11.3. The molecule has 0 aliphatic rings. The van der Waals surface area contributed by atoms with E-state index in [1.807, 2.05) is 0 Å². The lowest BCUT2D eigenvalue weighted by Crippen LogP contribution is -2.13. The Morgan fingerprint density at radius 1 is 1.29 bits per heavy atom.